The molecule has 1 unspecified atom stereocenters. The minimum atomic E-state index is -0.185. The van der Waals surface area contributed by atoms with Crippen molar-refractivity contribution < 1.29 is 4.39 Å². The maximum Gasteiger partial charge on any atom is 0.123 e. The first-order valence-electron chi connectivity index (χ1n) is 6.35. The molecule has 0 saturated heterocycles. The molecule has 2 rings (SSSR count). The molecule has 1 heterocycles. The Morgan fingerprint density at radius 1 is 1.33 bits per heavy atom. The topological polar surface area (TPSA) is 17.8 Å². The highest BCUT2D eigenvalue weighted by Crippen LogP contribution is 2.27. The number of hydrogen-bond acceptors (Lipinski definition) is 1. The van der Waals surface area contributed by atoms with Crippen LogP contribution in [0.2, 0.25) is 0 Å². The van der Waals surface area contributed by atoms with Crippen LogP contribution in [0.4, 0.5) is 4.39 Å². The molecule has 2 aromatic rings. The molecule has 1 aromatic carbocycles. The van der Waals surface area contributed by atoms with E-state index in [2.05, 4.69) is 18.9 Å². The summed E-state index contributed by atoms with van der Waals surface area (Å²) in [6.07, 6.45) is 2.83. The molecule has 0 aliphatic carbocycles. The summed E-state index contributed by atoms with van der Waals surface area (Å²) in [7, 11) is 0. The van der Waals surface area contributed by atoms with Gasteiger partial charge in [0.2, 0.25) is 0 Å². The highest BCUT2D eigenvalue weighted by Gasteiger charge is 2.14. The number of aromatic nitrogens is 2. The largest absolute Gasteiger partial charge is 0.238 e. The van der Waals surface area contributed by atoms with Gasteiger partial charge in [-0.25, -0.2) is 9.07 Å². The normalized spacial score (nSPS) is 12.7. The van der Waals surface area contributed by atoms with Crippen molar-refractivity contribution in [1.82, 2.24) is 9.78 Å². The van der Waals surface area contributed by atoms with Gasteiger partial charge in [-0.15, -0.1) is 0 Å². The number of nitrogens with zero attached hydrogens (tertiary/aromatic N) is 2. The Bertz CT molecular complexity index is 558. The molecular weight excluding hydrogens is 227 g/mol. The molecule has 3 heteroatoms. The third-order valence-corrected chi connectivity index (χ3v) is 3.62. The van der Waals surface area contributed by atoms with Gasteiger partial charge >= 0.3 is 0 Å². The highest BCUT2D eigenvalue weighted by molar-refractivity contribution is 5.44. The summed E-state index contributed by atoms with van der Waals surface area (Å²) in [6, 6.07) is 4.94. The molecule has 1 atom stereocenters. The van der Waals surface area contributed by atoms with E-state index in [1.54, 1.807) is 6.07 Å². The molecule has 1 aromatic heterocycles. The van der Waals surface area contributed by atoms with Gasteiger partial charge in [0.15, 0.2) is 0 Å². The van der Waals surface area contributed by atoms with Crippen molar-refractivity contribution >= 4 is 0 Å². The van der Waals surface area contributed by atoms with Gasteiger partial charge in [0.05, 0.1) is 11.9 Å². The summed E-state index contributed by atoms with van der Waals surface area (Å²) in [4.78, 5) is 0. The first-order valence-corrected chi connectivity index (χ1v) is 6.35. The van der Waals surface area contributed by atoms with Crippen LogP contribution < -0.4 is 0 Å². The Hall–Kier alpha value is -1.64. The van der Waals surface area contributed by atoms with Crippen molar-refractivity contribution in [1.29, 1.82) is 0 Å². The Kier molecular flexibility index (Phi) is 3.50. The Balaban J connectivity index is 2.60. The Labute approximate surface area is 107 Å². The van der Waals surface area contributed by atoms with E-state index in [-0.39, 0.29) is 5.82 Å². The molecule has 0 saturated carbocycles. The lowest BCUT2D eigenvalue weighted by atomic mass is 9.96. The average molecular weight is 246 g/mol. The maximum absolute atomic E-state index is 13.4. The molecule has 0 spiro atoms. The van der Waals surface area contributed by atoms with E-state index < -0.39 is 0 Å². The zero-order chi connectivity index (χ0) is 13.3. The Morgan fingerprint density at radius 3 is 2.61 bits per heavy atom. The predicted octanol–water partition coefficient (Wildman–Crippen LogP) is 4.14. The fourth-order valence-electron chi connectivity index (χ4n) is 2.07. The van der Waals surface area contributed by atoms with E-state index >= 15 is 0 Å². The zero-order valence-electron chi connectivity index (χ0n) is 11.4. The van der Waals surface area contributed by atoms with Crippen molar-refractivity contribution in [2.45, 2.75) is 40.0 Å². The van der Waals surface area contributed by atoms with Gasteiger partial charge in [0, 0.05) is 5.69 Å². The van der Waals surface area contributed by atoms with E-state index in [1.165, 1.54) is 6.07 Å². The summed E-state index contributed by atoms with van der Waals surface area (Å²) in [5.41, 5.74) is 4.25. The van der Waals surface area contributed by atoms with E-state index in [4.69, 9.17) is 0 Å². The fraction of sp³-hybridized carbons (Fsp3) is 0.400. The van der Waals surface area contributed by atoms with Gasteiger partial charge in [-0.3, -0.25) is 0 Å². The molecule has 0 N–H and O–H groups in total. The first kappa shape index (κ1) is 12.8. The second-order valence-electron chi connectivity index (χ2n) is 4.84. The van der Waals surface area contributed by atoms with Crippen molar-refractivity contribution in [3.8, 4) is 5.69 Å². The smallest absolute Gasteiger partial charge is 0.123 e. The minimum absolute atomic E-state index is 0.185. The van der Waals surface area contributed by atoms with Gasteiger partial charge in [-0.05, 0) is 55.5 Å². The van der Waals surface area contributed by atoms with Crippen molar-refractivity contribution in [2.24, 2.45) is 0 Å². The number of benzene rings is 1. The molecule has 0 aliphatic heterocycles. The third-order valence-electron chi connectivity index (χ3n) is 3.62. The molecule has 2 nitrogen and oxygen atoms in total. The minimum Gasteiger partial charge on any atom is -0.238 e. The molecule has 0 amide bonds. The standard InChI is InChI=1S/C15H19FN2/c1-5-10(2)14-8-13(16)6-7-15(14)18-12(4)11(3)9-17-18/h6-10H,5H2,1-4H3. The van der Waals surface area contributed by atoms with Gasteiger partial charge in [0.1, 0.15) is 5.82 Å². The second kappa shape index (κ2) is 4.92. The first-order chi connectivity index (χ1) is 8.54. The molecular formula is C15H19FN2. The van der Waals surface area contributed by atoms with E-state index in [0.29, 0.717) is 5.92 Å². The van der Waals surface area contributed by atoms with Crippen LogP contribution in [0.15, 0.2) is 24.4 Å². The number of aryl methyl sites for hydroxylation is 1. The quantitative estimate of drug-likeness (QED) is 0.795. The lowest BCUT2D eigenvalue weighted by molar-refractivity contribution is 0.616. The highest BCUT2D eigenvalue weighted by atomic mass is 19.1. The molecule has 0 aliphatic rings. The lowest BCUT2D eigenvalue weighted by Crippen LogP contribution is -2.06. The van der Waals surface area contributed by atoms with Crippen LogP contribution in [0.25, 0.3) is 5.69 Å². The number of hydrogen-bond donors (Lipinski definition) is 0. The second-order valence-corrected chi connectivity index (χ2v) is 4.84. The van der Waals surface area contributed by atoms with Crippen molar-refractivity contribution in [2.75, 3.05) is 0 Å². The van der Waals surface area contributed by atoms with E-state index in [9.17, 15) is 4.39 Å². The molecule has 18 heavy (non-hydrogen) atoms. The van der Waals surface area contributed by atoms with Gasteiger partial charge in [-0.1, -0.05) is 13.8 Å². The lowest BCUT2D eigenvalue weighted by Gasteiger charge is -2.16. The van der Waals surface area contributed by atoms with Gasteiger partial charge in [0.25, 0.3) is 0 Å². The van der Waals surface area contributed by atoms with E-state index in [0.717, 1.165) is 28.9 Å². The van der Waals surface area contributed by atoms with Crippen LogP contribution >= 0.6 is 0 Å². The van der Waals surface area contributed by atoms with Gasteiger partial charge < -0.3 is 0 Å². The van der Waals surface area contributed by atoms with E-state index in [1.807, 2.05) is 30.8 Å². The van der Waals surface area contributed by atoms with Crippen molar-refractivity contribution in [3.05, 3.63) is 47.0 Å². The summed E-state index contributed by atoms with van der Waals surface area (Å²) in [6.45, 7) is 8.29. The molecule has 0 bridgehead atoms. The van der Waals surface area contributed by atoms with Crippen LogP contribution in [0.3, 0.4) is 0 Å². The van der Waals surface area contributed by atoms with Crippen LogP contribution in [-0.2, 0) is 0 Å². The fourth-order valence-corrected chi connectivity index (χ4v) is 2.07. The number of rotatable bonds is 3. The molecule has 0 fully saturated rings. The van der Waals surface area contributed by atoms with Gasteiger partial charge in [-0.2, -0.15) is 5.10 Å². The number of halogens is 1. The van der Waals surface area contributed by atoms with Crippen LogP contribution in [-0.4, -0.2) is 9.78 Å². The third kappa shape index (κ3) is 2.17. The summed E-state index contributed by atoms with van der Waals surface area (Å²) in [5, 5.41) is 4.39. The molecule has 0 radical (unpaired) electrons. The maximum atomic E-state index is 13.4. The van der Waals surface area contributed by atoms with Crippen LogP contribution in [0.5, 0.6) is 0 Å². The van der Waals surface area contributed by atoms with Crippen molar-refractivity contribution in [3.63, 3.8) is 0 Å². The summed E-state index contributed by atoms with van der Waals surface area (Å²) < 4.78 is 15.3. The predicted molar refractivity (Wildman–Crippen MR) is 71.7 cm³/mol. The monoisotopic (exact) mass is 246 g/mol. The SMILES string of the molecule is CCC(C)c1cc(F)ccc1-n1ncc(C)c1C. The van der Waals surface area contributed by atoms with Crippen LogP contribution in [0.1, 0.15) is 43.0 Å². The summed E-state index contributed by atoms with van der Waals surface area (Å²) in [5.74, 6) is 0.134. The van der Waals surface area contributed by atoms with Crippen LogP contribution in [0, 0.1) is 19.7 Å². The summed E-state index contributed by atoms with van der Waals surface area (Å²) >= 11 is 0. The zero-order valence-corrected chi connectivity index (χ0v) is 11.4. The Morgan fingerprint density at radius 2 is 2.06 bits per heavy atom. The average Bonchev–Trinajstić information content (AvgIpc) is 2.69. The molecule has 96 valence electrons.